The van der Waals surface area contributed by atoms with E-state index in [2.05, 4.69) is 10.2 Å². The number of carbonyl (C=O) groups excluding carboxylic acids is 1. The second-order valence-electron chi connectivity index (χ2n) is 3.06. The van der Waals surface area contributed by atoms with E-state index in [0.29, 0.717) is 24.5 Å². The molecule has 0 unspecified atom stereocenters. The largest absolute Gasteiger partial charge is 0.396 e. The van der Waals surface area contributed by atoms with Crippen LogP contribution in [-0.2, 0) is 0 Å². The lowest BCUT2D eigenvalue weighted by Crippen LogP contribution is -2.53. The molecule has 6 heteroatoms. The minimum absolute atomic E-state index is 0.208. The van der Waals surface area contributed by atoms with Crippen LogP contribution in [0.25, 0.3) is 0 Å². The third kappa shape index (κ3) is 1.25. The molecular weight excluding hydrogens is 172 g/mol. The molecule has 0 spiro atoms. The van der Waals surface area contributed by atoms with Gasteiger partial charge in [-0.25, -0.2) is 0 Å². The summed E-state index contributed by atoms with van der Waals surface area (Å²) in [6, 6.07) is 0. The number of nitrogens with zero attached hydrogens (tertiary/aromatic N) is 2. The minimum Gasteiger partial charge on any atom is -0.396 e. The molecule has 1 aliphatic rings. The number of aromatic nitrogens is 2. The molecule has 0 atom stereocenters. The lowest BCUT2D eigenvalue weighted by atomic mass is 10.1. The SMILES string of the molecule is Nc1cn[nH]c1C(=O)N1CC(O)C1. The van der Waals surface area contributed by atoms with Crippen molar-refractivity contribution in [3.63, 3.8) is 0 Å². The van der Waals surface area contributed by atoms with Crippen molar-refractivity contribution in [1.82, 2.24) is 15.1 Å². The molecule has 1 amide bonds. The van der Waals surface area contributed by atoms with Gasteiger partial charge in [0.1, 0.15) is 5.69 Å². The molecule has 0 aromatic carbocycles. The van der Waals surface area contributed by atoms with Gasteiger partial charge < -0.3 is 15.7 Å². The fourth-order valence-corrected chi connectivity index (χ4v) is 1.25. The fraction of sp³-hybridized carbons (Fsp3) is 0.429. The molecule has 13 heavy (non-hydrogen) atoms. The third-order valence-corrected chi connectivity index (χ3v) is 2.03. The predicted octanol–water partition coefficient (Wildman–Crippen LogP) is -1.19. The van der Waals surface area contributed by atoms with Crippen LogP contribution >= 0.6 is 0 Å². The molecule has 1 saturated heterocycles. The Labute approximate surface area is 74.3 Å². The smallest absolute Gasteiger partial charge is 0.274 e. The van der Waals surface area contributed by atoms with E-state index in [1.165, 1.54) is 11.1 Å². The molecule has 70 valence electrons. The van der Waals surface area contributed by atoms with Gasteiger partial charge in [-0.1, -0.05) is 0 Å². The number of aromatic amines is 1. The summed E-state index contributed by atoms with van der Waals surface area (Å²) in [5.41, 5.74) is 6.13. The number of likely N-dealkylation sites (tertiary alicyclic amines) is 1. The fourth-order valence-electron chi connectivity index (χ4n) is 1.25. The zero-order chi connectivity index (χ0) is 9.42. The van der Waals surface area contributed by atoms with Crippen molar-refractivity contribution >= 4 is 11.6 Å². The third-order valence-electron chi connectivity index (χ3n) is 2.03. The lowest BCUT2D eigenvalue weighted by Gasteiger charge is -2.35. The van der Waals surface area contributed by atoms with Gasteiger partial charge in [-0.05, 0) is 0 Å². The van der Waals surface area contributed by atoms with Crippen molar-refractivity contribution in [3.05, 3.63) is 11.9 Å². The van der Waals surface area contributed by atoms with Gasteiger partial charge in [0, 0.05) is 13.1 Å². The van der Waals surface area contributed by atoms with E-state index >= 15 is 0 Å². The van der Waals surface area contributed by atoms with Crippen molar-refractivity contribution in [2.24, 2.45) is 0 Å². The Hall–Kier alpha value is -1.56. The number of nitrogens with two attached hydrogens (primary N) is 1. The summed E-state index contributed by atoms with van der Waals surface area (Å²) in [6.07, 6.45) is 0.997. The van der Waals surface area contributed by atoms with E-state index in [9.17, 15) is 4.79 Å². The average Bonchev–Trinajstić information content (AvgIpc) is 2.44. The molecule has 1 fully saturated rings. The van der Waals surface area contributed by atoms with Crippen LogP contribution in [0.2, 0.25) is 0 Å². The van der Waals surface area contributed by atoms with Crippen molar-refractivity contribution in [1.29, 1.82) is 0 Å². The summed E-state index contributed by atoms with van der Waals surface area (Å²) in [4.78, 5) is 13.0. The Morgan fingerprint density at radius 2 is 2.46 bits per heavy atom. The summed E-state index contributed by atoms with van der Waals surface area (Å²) in [7, 11) is 0. The van der Waals surface area contributed by atoms with Crippen LogP contribution in [0.5, 0.6) is 0 Å². The maximum absolute atomic E-state index is 11.5. The number of anilines is 1. The first kappa shape index (κ1) is 8.06. The number of H-pyrrole nitrogens is 1. The van der Waals surface area contributed by atoms with E-state index in [4.69, 9.17) is 10.8 Å². The molecule has 6 nitrogen and oxygen atoms in total. The van der Waals surface area contributed by atoms with Crippen LogP contribution in [0.15, 0.2) is 6.20 Å². The first-order valence-corrected chi connectivity index (χ1v) is 3.94. The quantitative estimate of drug-likeness (QED) is 0.508. The first-order chi connectivity index (χ1) is 6.18. The van der Waals surface area contributed by atoms with Crippen LogP contribution < -0.4 is 5.73 Å². The molecule has 1 aromatic rings. The Balaban J connectivity index is 2.10. The molecule has 0 aliphatic carbocycles. The number of aliphatic hydroxyl groups is 1. The van der Waals surface area contributed by atoms with Crippen LogP contribution in [0.4, 0.5) is 5.69 Å². The van der Waals surface area contributed by atoms with Crippen LogP contribution in [-0.4, -0.2) is 45.3 Å². The topological polar surface area (TPSA) is 95.2 Å². The number of aliphatic hydroxyl groups excluding tert-OH is 1. The van der Waals surface area contributed by atoms with Gasteiger partial charge in [0.25, 0.3) is 5.91 Å². The number of nitrogen functional groups attached to an aromatic ring is 1. The molecule has 1 aromatic heterocycles. The summed E-state index contributed by atoms with van der Waals surface area (Å²) in [5.74, 6) is -0.208. The van der Waals surface area contributed by atoms with Gasteiger partial charge in [0.05, 0.1) is 18.0 Å². The maximum Gasteiger partial charge on any atom is 0.274 e. The van der Waals surface area contributed by atoms with Crippen molar-refractivity contribution < 1.29 is 9.90 Å². The summed E-state index contributed by atoms with van der Waals surface area (Å²) < 4.78 is 0. The van der Waals surface area contributed by atoms with Crippen molar-refractivity contribution in [3.8, 4) is 0 Å². The number of β-amino-alcohol motifs (C(OH)–C–C–N with tert-alkyl or cyclic N) is 1. The molecule has 2 heterocycles. The average molecular weight is 182 g/mol. The normalized spacial score (nSPS) is 17.2. The summed E-state index contributed by atoms with van der Waals surface area (Å²) >= 11 is 0. The number of hydrogen-bond acceptors (Lipinski definition) is 4. The van der Waals surface area contributed by atoms with Gasteiger partial charge in [-0.3, -0.25) is 9.89 Å². The van der Waals surface area contributed by atoms with Crippen LogP contribution in [0, 0.1) is 0 Å². The highest BCUT2D eigenvalue weighted by Gasteiger charge is 2.31. The van der Waals surface area contributed by atoms with E-state index in [0.717, 1.165) is 0 Å². The van der Waals surface area contributed by atoms with Crippen molar-refractivity contribution in [2.45, 2.75) is 6.10 Å². The Morgan fingerprint density at radius 3 is 2.92 bits per heavy atom. The molecule has 0 radical (unpaired) electrons. The van der Waals surface area contributed by atoms with Crippen molar-refractivity contribution in [2.75, 3.05) is 18.8 Å². The maximum atomic E-state index is 11.5. The minimum atomic E-state index is -0.395. The second kappa shape index (κ2) is 2.74. The number of rotatable bonds is 1. The Morgan fingerprint density at radius 1 is 1.77 bits per heavy atom. The predicted molar refractivity (Wildman–Crippen MR) is 44.9 cm³/mol. The van der Waals surface area contributed by atoms with E-state index in [-0.39, 0.29) is 5.91 Å². The molecule has 4 N–H and O–H groups in total. The highest BCUT2D eigenvalue weighted by molar-refractivity contribution is 5.97. The zero-order valence-electron chi connectivity index (χ0n) is 6.90. The zero-order valence-corrected chi connectivity index (χ0v) is 6.90. The monoisotopic (exact) mass is 182 g/mol. The molecule has 1 aliphatic heterocycles. The van der Waals surface area contributed by atoms with Gasteiger partial charge in [-0.15, -0.1) is 0 Å². The number of hydrogen-bond donors (Lipinski definition) is 3. The first-order valence-electron chi connectivity index (χ1n) is 3.94. The molecule has 0 saturated carbocycles. The van der Waals surface area contributed by atoms with E-state index in [1.807, 2.05) is 0 Å². The highest BCUT2D eigenvalue weighted by Crippen LogP contribution is 2.15. The highest BCUT2D eigenvalue weighted by atomic mass is 16.3. The molecule has 0 bridgehead atoms. The molecule has 2 rings (SSSR count). The van der Waals surface area contributed by atoms with E-state index < -0.39 is 6.10 Å². The number of amides is 1. The van der Waals surface area contributed by atoms with Crippen LogP contribution in [0.3, 0.4) is 0 Å². The molecular formula is C7H10N4O2. The number of nitrogens with one attached hydrogen (secondary N) is 1. The summed E-state index contributed by atoms with van der Waals surface area (Å²) in [5, 5.41) is 15.1. The van der Waals surface area contributed by atoms with Gasteiger partial charge in [0.2, 0.25) is 0 Å². The van der Waals surface area contributed by atoms with E-state index in [1.54, 1.807) is 0 Å². The number of carbonyl (C=O) groups is 1. The lowest BCUT2D eigenvalue weighted by molar-refractivity contribution is 0.00557. The Bertz CT molecular complexity index is 329. The van der Waals surface area contributed by atoms with Gasteiger partial charge >= 0.3 is 0 Å². The standard InChI is InChI=1S/C7H10N4O2/c8-5-1-9-10-6(5)7(13)11-2-4(12)3-11/h1,4,12H,2-3,8H2,(H,9,10). The second-order valence-corrected chi connectivity index (χ2v) is 3.06. The summed E-state index contributed by atoms with van der Waals surface area (Å²) in [6.45, 7) is 0.745. The van der Waals surface area contributed by atoms with Crippen LogP contribution in [0.1, 0.15) is 10.5 Å². The van der Waals surface area contributed by atoms with Gasteiger partial charge in [0.15, 0.2) is 0 Å². The Kier molecular flexibility index (Phi) is 1.70. The van der Waals surface area contributed by atoms with Gasteiger partial charge in [-0.2, -0.15) is 5.10 Å².